The van der Waals surface area contributed by atoms with Gasteiger partial charge in [0.15, 0.2) is 0 Å². The van der Waals surface area contributed by atoms with Crippen LogP contribution in [0.4, 0.5) is 5.69 Å². The van der Waals surface area contributed by atoms with Crippen molar-refractivity contribution in [3.63, 3.8) is 0 Å². The van der Waals surface area contributed by atoms with Gasteiger partial charge in [-0.3, -0.25) is 4.79 Å². The Morgan fingerprint density at radius 1 is 1.07 bits per heavy atom. The fourth-order valence-corrected chi connectivity index (χ4v) is 4.04. The van der Waals surface area contributed by atoms with Gasteiger partial charge < -0.3 is 19.9 Å². The molecule has 2 fully saturated rings. The summed E-state index contributed by atoms with van der Waals surface area (Å²) in [7, 11) is 0. The van der Waals surface area contributed by atoms with Crippen LogP contribution >= 0.6 is 0 Å². The minimum Gasteiger partial charge on any atom is -0.377 e. The van der Waals surface area contributed by atoms with Gasteiger partial charge in [-0.25, -0.2) is 0 Å². The molecule has 5 nitrogen and oxygen atoms in total. The highest BCUT2D eigenvalue weighted by Gasteiger charge is 2.26. The Balaban J connectivity index is 1.51. The number of piperazine rings is 1. The minimum atomic E-state index is 0.108. The van der Waals surface area contributed by atoms with E-state index < -0.39 is 0 Å². The molecule has 0 unspecified atom stereocenters. The lowest BCUT2D eigenvalue weighted by atomic mass is 10.0. The normalized spacial score (nSPS) is 20.2. The van der Waals surface area contributed by atoms with Crippen LogP contribution < -0.4 is 10.2 Å². The van der Waals surface area contributed by atoms with Gasteiger partial charge in [0.1, 0.15) is 0 Å². The van der Waals surface area contributed by atoms with E-state index in [1.807, 2.05) is 17.0 Å². The maximum absolute atomic E-state index is 12.9. The van der Waals surface area contributed by atoms with Crippen molar-refractivity contribution in [3.8, 4) is 11.1 Å². The van der Waals surface area contributed by atoms with E-state index in [0.29, 0.717) is 19.8 Å². The monoisotopic (exact) mass is 379 g/mol. The highest BCUT2D eigenvalue weighted by atomic mass is 16.5. The molecular formula is C23H29N3O2. The van der Waals surface area contributed by atoms with Crippen molar-refractivity contribution in [3.05, 3.63) is 54.1 Å². The van der Waals surface area contributed by atoms with Crippen LogP contribution in [0.1, 0.15) is 23.7 Å². The van der Waals surface area contributed by atoms with Crippen molar-refractivity contribution in [1.82, 2.24) is 10.2 Å². The highest BCUT2D eigenvalue weighted by Crippen LogP contribution is 2.26. The summed E-state index contributed by atoms with van der Waals surface area (Å²) in [6, 6.07) is 16.9. The van der Waals surface area contributed by atoms with Gasteiger partial charge in [0.05, 0.1) is 19.3 Å². The number of hydrogen-bond acceptors (Lipinski definition) is 4. The molecule has 148 valence electrons. The second-order valence-corrected chi connectivity index (χ2v) is 7.50. The molecule has 0 aromatic heterocycles. The van der Waals surface area contributed by atoms with E-state index in [4.69, 9.17) is 4.74 Å². The summed E-state index contributed by atoms with van der Waals surface area (Å²) in [5.41, 5.74) is 4.34. The van der Waals surface area contributed by atoms with Crippen molar-refractivity contribution in [1.29, 1.82) is 0 Å². The third-order valence-corrected chi connectivity index (χ3v) is 5.75. The van der Waals surface area contributed by atoms with Crippen LogP contribution in [0.15, 0.2) is 48.5 Å². The van der Waals surface area contributed by atoms with Gasteiger partial charge in [-0.15, -0.1) is 0 Å². The molecule has 2 saturated heterocycles. The lowest BCUT2D eigenvalue weighted by molar-refractivity contribution is -0.00279. The second kappa shape index (κ2) is 8.76. The van der Waals surface area contributed by atoms with Crippen molar-refractivity contribution >= 4 is 11.6 Å². The Bertz CT molecular complexity index is 800. The number of nitrogens with zero attached hydrogens (tertiary/aromatic N) is 2. The Labute approximate surface area is 167 Å². The topological polar surface area (TPSA) is 44.8 Å². The van der Waals surface area contributed by atoms with Crippen molar-refractivity contribution in [2.24, 2.45) is 0 Å². The first-order chi connectivity index (χ1) is 13.8. The molecule has 0 bridgehead atoms. The molecule has 28 heavy (non-hydrogen) atoms. The second-order valence-electron chi connectivity index (χ2n) is 7.50. The van der Waals surface area contributed by atoms with Crippen molar-refractivity contribution in [2.45, 2.75) is 19.4 Å². The molecule has 0 saturated carbocycles. The smallest absolute Gasteiger partial charge is 0.254 e. The fourth-order valence-electron chi connectivity index (χ4n) is 4.04. The number of benzene rings is 2. The molecule has 0 radical (unpaired) electrons. The van der Waals surface area contributed by atoms with E-state index >= 15 is 0 Å². The molecule has 2 aromatic rings. The predicted octanol–water partition coefficient (Wildman–Crippen LogP) is 3.01. The van der Waals surface area contributed by atoms with Crippen LogP contribution in [0, 0.1) is 0 Å². The molecule has 1 amide bonds. The molecule has 4 rings (SSSR count). The molecule has 2 aliphatic rings. The number of amides is 1. The van der Waals surface area contributed by atoms with E-state index in [1.54, 1.807) is 0 Å². The van der Waals surface area contributed by atoms with Gasteiger partial charge in [0.25, 0.3) is 5.91 Å². The number of ether oxygens (including phenoxy) is 1. The third kappa shape index (κ3) is 4.05. The number of anilines is 1. The van der Waals surface area contributed by atoms with Gasteiger partial charge >= 0.3 is 0 Å². The Kier molecular flexibility index (Phi) is 5.93. The fraction of sp³-hybridized carbons (Fsp3) is 0.435. The first kappa shape index (κ1) is 19.0. The van der Waals surface area contributed by atoms with Crippen molar-refractivity contribution < 1.29 is 9.53 Å². The summed E-state index contributed by atoms with van der Waals surface area (Å²) < 4.78 is 5.53. The largest absolute Gasteiger partial charge is 0.377 e. The molecule has 2 aliphatic heterocycles. The zero-order valence-corrected chi connectivity index (χ0v) is 16.6. The lowest BCUT2D eigenvalue weighted by Gasteiger charge is -2.35. The zero-order valence-electron chi connectivity index (χ0n) is 16.6. The van der Waals surface area contributed by atoms with Gasteiger partial charge in [0, 0.05) is 44.0 Å². The summed E-state index contributed by atoms with van der Waals surface area (Å²) >= 11 is 0. The Morgan fingerprint density at radius 2 is 1.86 bits per heavy atom. The molecule has 0 aliphatic carbocycles. The summed E-state index contributed by atoms with van der Waals surface area (Å²) in [6.07, 6.45) is 0.919. The molecule has 1 N–H and O–H groups in total. The average Bonchev–Trinajstić information content (AvgIpc) is 2.79. The summed E-state index contributed by atoms with van der Waals surface area (Å²) in [5, 5.41) is 3.40. The molecule has 0 spiro atoms. The predicted molar refractivity (Wildman–Crippen MR) is 113 cm³/mol. The molecular weight excluding hydrogens is 350 g/mol. The number of rotatable bonds is 4. The molecule has 1 atom stereocenters. The maximum Gasteiger partial charge on any atom is 0.254 e. The Hall–Kier alpha value is -2.37. The maximum atomic E-state index is 12.9. The van der Waals surface area contributed by atoms with Crippen LogP contribution in [0.5, 0.6) is 0 Å². The first-order valence-corrected chi connectivity index (χ1v) is 10.3. The van der Waals surface area contributed by atoms with E-state index in [-0.39, 0.29) is 11.9 Å². The number of morpholine rings is 1. The van der Waals surface area contributed by atoms with E-state index in [0.717, 1.165) is 43.7 Å². The van der Waals surface area contributed by atoms with E-state index in [9.17, 15) is 4.79 Å². The van der Waals surface area contributed by atoms with Gasteiger partial charge in [-0.1, -0.05) is 31.2 Å². The lowest BCUT2D eigenvalue weighted by Crippen LogP contribution is -2.48. The van der Waals surface area contributed by atoms with Crippen LogP contribution in [0.3, 0.4) is 0 Å². The van der Waals surface area contributed by atoms with Crippen molar-refractivity contribution in [2.75, 3.05) is 50.8 Å². The van der Waals surface area contributed by atoms with Gasteiger partial charge in [0.2, 0.25) is 0 Å². The average molecular weight is 380 g/mol. The number of hydrogen-bond donors (Lipinski definition) is 1. The SMILES string of the molecule is CC[C@@H]1COCCN1C(=O)c1ccc(-c2cccc(N3CCNCC3)c2)cc1. The summed E-state index contributed by atoms with van der Waals surface area (Å²) in [5.74, 6) is 0.108. The van der Waals surface area contributed by atoms with Gasteiger partial charge in [-0.05, 0) is 41.8 Å². The quantitative estimate of drug-likeness (QED) is 0.887. The van der Waals surface area contributed by atoms with Gasteiger partial charge in [-0.2, -0.15) is 0 Å². The number of carbonyl (C=O) groups excluding carboxylic acids is 1. The molecule has 2 heterocycles. The van der Waals surface area contributed by atoms with Crippen LogP contribution in [0.25, 0.3) is 11.1 Å². The standard InChI is InChI=1S/C23H29N3O2/c1-2-21-17-28-15-14-26(21)23(27)19-8-6-18(7-9-19)20-4-3-5-22(16-20)25-12-10-24-11-13-25/h3-9,16,21,24H,2,10-15,17H2,1H3/t21-/m1/s1. The number of carbonyl (C=O) groups is 1. The molecule has 5 heteroatoms. The first-order valence-electron chi connectivity index (χ1n) is 10.3. The summed E-state index contributed by atoms with van der Waals surface area (Å²) in [4.78, 5) is 17.3. The van der Waals surface area contributed by atoms with Crippen LogP contribution in [0.2, 0.25) is 0 Å². The zero-order chi connectivity index (χ0) is 19.3. The minimum absolute atomic E-state index is 0.108. The summed E-state index contributed by atoms with van der Waals surface area (Å²) in [6.45, 7) is 8.17. The van der Waals surface area contributed by atoms with Crippen LogP contribution in [-0.2, 0) is 4.74 Å². The van der Waals surface area contributed by atoms with Crippen LogP contribution in [-0.4, -0.2) is 62.8 Å². The molecule has 2 aromatic carbocycles. The van der Waals surface area contributed by atoms with E-state index in [2.05, 4.69) is 53.5 Å². The third-order valence-electron chi connectivity index (χ3n) is 5.75. The van der Waals surface area contributed by atoms with E-state index in [1.165, 1.54) is 11.3 Å². The Morgan fingerprint density at radius 3 is 2.61 bits per heavy atom. The number of nitrogens with one attached hydrogen (secondary N) is 1. The highest BCUT2D eigenvalue weighted by molar-refractivity contribution is 5.95.